The van der Waals surface area contributed by atoms with E-state index in [0.29, 0.717) is 0 Å². The van der Waals surface area contributed by atoms with Gasteiger partial charge in [0.05, 0.1) is 30.1 Å². The lowest BCUT2D eigenvalue weighted by atomic mass is 10.1. The zero-order valence-corrected chi connectivity index (χ0v) is 12.1. The maximum Gasteiger partial charge on any atom is 0.0925 e. The van der Waals surface area contributed by atoms with Gasteiger partial charge in [-0.3, -0.25) is 5.84 Å². The minimum atomic E-state index is -0.101. The van der Waals surface area contributed by atoms with Gasteiger partial charge in [0.15, 0.2) is 0 Å². The van der Waals surface area contributed by atoms with Crippen LogP contribution in [0, 0.1) is 0 Å². The molecular formula is C15H21N5O. The Morgan fingerprint density at radius 1 is 1.33 bits per heavy atom. The number of hydrogen-bond acceptors (Lipinski definition) is 5. The van der Waals surface area contributed by atoms with E-state index in [1.54, 1.807) is 6.20 Å². The van der Waals surface area contributed by atoms with Crippen LogP contribution in [0.3, 0.4) is 0 Å². The number of ether oxygens (including phenoxy) is 1. The highest BCUT2D eigenvalue weighted by atomic mass is 16.5. The predicted octanol–water partition coefficient (Wildman–Crippen LogP) is 0.707. The summed E-state index contributed by atoms with van der Waals surface area (Å²) in [5.41, 5.74) is 4.91. The second kappa shape index (κ2) is 6.36. The van der Waals surface area contributed by atoms with Crippen LogP contribution >= 0.6 is 0 Å². The third-order valence-corrected chi connectivity index (χ3v) is 3.84. The number of aromatic nitrogens is 2. The molecule has 1 aromatic heterocycles. The van der Waals surface area contributed by atoms with Gasteiger partial charge in [0, 0.05) is 19.3 Å². The molecule has 0 radical (unpaired) electrons. The Morgan fingerprint density at radius 3 is 2.86 bits per heavy atom. The Bertz CT molecular complexity index is 570. The lowest BCUT2D eigenvalue weighted by molar-refractivity contribution is -0.0403. The lowest BCUT2D eigenvalue weighted by Gasteiger charge is -2.35. The van der Waals surface area contributed by atoms with E-state index in [-0.39, 0.29) is 12.1 Å². The van der Waals surface area contributed by atoms with Crippen LogP contribution in [0.25, 0.3) is 5.69 Å². The first kappa shape index (κ1) is 14.2. The molecule has 1 aliphatic rings. The zero-order chi connectivity index (χ0) is 14.7. The van der Waals surface area contributed by atoms with Gasteiger partial charge >= 0.3 is 0 Å². The molecule has 2 aromatic rings. The van der Waals surface area contributed by atoms with Crippen molar-refractivity contribution in [2.45, 2.75) is 12.1 Å². The van der Waals surface area contributed by atoms with Gasteiger partial charge in [0.1, 0.15) is 0 Å². The van der Waals surface area contributed by atoms with E-state index in [2.05, 4.69) is 22.5 Å². The Labute approximate surface area is 124 Å². The summed E-state index contributed by atoms with van der Waals surface area (Å²) in [6, 6.07) is 11.9. The molecule has 3 N–H and O–H groups in total. The average Bonchev–Trinajstić information content (AvgIpc) is 2.98. The molecule has 0 amide bonds. The molecule has 2 atom stereocenters. The number of nitrogens with two attached hydrogens (primary N) is 1. The molecule has 0 saturated carbocycles. The standard InChI is InChI=1S/C15H21N5O/c1-19-9-10-21-14(11-19)15(18-16)13-7-8-17-20(13)12-5-3-2-4-6-12/h2-8,14-15,18H,9-11,16H2,1H3. The van der Waals surface area contributed by atoms with Crippen LogP contribution in [-0.2, 0) is 4.74 Å². The van der Waals surface area contributed by atoms with Crippen molar-refractivity contribution in [1.82, 2.24) is 20.1 Å². The molecule has 0 spiro atoms. The Balaban J connectivity index is 1.90. The number of para-hydroxylation sites is 1. The van der Waals surface area contributed by atoms with E-state index in [1.807, 2.05) is 41.1 Å². The van der Waals surface area contributed by atoms with Crippen molar-refractivity contribution < 1.29 is 4.74 Å². The quantitative estimate of drug-likeness (QED) is 0.640. The van der Waals surface area contributed by atoms with Gasteiger partial charge in [0.25, 0.3) is 0 Å². The van der Waals surface area contributed by atoms with Crippen LogP contribution in [-0.4, -0.2) is 47.5 Å². The van der Waals surface area contributed by atoms with Gasteiger partial charge < -0.3 is 9.64 Å². The Kier molecular flexibility index (Phi) is 4.31. The highest BCUT2D eigenvalue weighted by molar-refractivity contribution is 5.33. The van der Waals surface area contributed by atoms with Crippen LogP contribution in [0.1, 0.15) is 11.7 Å². The fraction of sp³-hybridized carbons (Fsp3) is 0.400. The van der Waals surface area contributed by atoms with Gasteiger partial charge in [-0.05, 0) is 25.2 Å². The van der Waals surface area contributed by atoms with Crippen LogP contribution in [0.5, 0.6) is 0 Å². The van der Waals surface area contributed by atoms with Gasteiger partial charge in [-0.15, -0.1) is 0 Å². The molecule has 1 aromatic carbocycles. The third kappa shape index (κ3) is 2.98. The van der Waals surface area contributed by atoms with E-state index >= 15 is 0 Å². The van der Waals surface area contributed by atoms with Gasteiger partial charge in [-0.2, -0.15) is 5.10 Å². The minimum absolute atomic E-state index is 0.00733. The second-order valence-corrected chi connectivity index (χ2v) is 5.32. The first-order chi connectivity index (χ1) is 10.3. The van der Waals surface area contributed by atoms with Crippen LogP contribution in [0.15, 0.2) is 42.6 Å². The number of benzene rings is 1. The van der Waals surface area contributed by atoms with Crippen molar-refractivity contribution in [3.05, 3.63) is 48.3 Å². The van der Waals surface area contributed by atoms with E-state index in [4.69, 9.17) is 10.6 Å². The molecule has 0 aliphatic carbocycles. The smallest absolute Gasteiger partial charge is 0.0925 e. The molecule has 1 saturated heterocycles. The normalized spacial score (nSPS) is 21.3. The number of rotatable bonds is 4. The number of hydrazine groups is 1. The fourth-order valence-corrected chi connectivity index (χ4v) is 2.73. The molecule has 1 fully saturated rings. The number of nitrogens with zero attached hydrogens (tertiary/aromatic N) is 3. The lowest BCUT2D eigenvalue weighted by Crippen LogP contribution is -2.48. The van der Waals surface area contributed by atoms with Crippen molar-refractivity contribution in [2.75, 3.05) is 26.7 Å². The monoisotopic (exact) mass is 287 g/mol. The summed E-state index contributed by atoms with van der Waals surface area (Å²) in [5.74, 6) is 5.80. The van der Waals surface area contributed by atoms with E-state index in [9.17, 15) is 0 Å². The van der Waals surface area contributed by atoms with Crippen molar-refractivity contribution in [2.24, 2.45) is 5.84 Å². The van der Waals surface area contributed by atoms with Crippen LogP contribution in [0.4, 0.5) is 0 Å². The molecule has 1 aliphatic heterocycles. The Morgan fingerprint density at radius 2 is 2.14 bits per heavy atom. The molecule has 6 heteroatoms. The number of likely N-dealkylation sites (N-methyl/N-ethyl adjacent to an activating group) is 1. The molecule has 6 nitrogen and oxygen atoms in total. The summed E-state index contributed by atoms with van der Waals surface area (Å²) in [6.45, 7) is 2.51. The summed E-state index contributed by atoms with van der Waals surface area (Å²) >= 11 is 0. The third-order valence-electron chi connectivity index (χ3n) is 3.84. The minimum Gasteiger partial charge on any atom is -0.373 e. The van der Waals surface area contributed by atoms with Crippen molar-refractivity contribution >= 4 is 0 Å². The molecule has 3 rings (SSSR count). The first-order valence-corrected chi connectivity index (χ1v) is 7.15. The molecule has 21 heavy (non-hydrogen) atoms. The van der Waals surface area contributed by atoms with Gasteiger partial charge in [-0.1, -0.05) is 18.2 Å². The van der Waals surface area contributed by atoms with Crippen molar-refractivity contribution in [1.29, 1.82) is 0 Å². The number of morpholine rings is 1. The van der Waals surface area contributed by atoms with E-state index < -0.39 is 0 Å². The summed E-state index contributed by atoms with van der Waals surface area (Å²) in [7, 11) is 2.09. The van der Waals surface area contributed by atoms with Crippen molar-refractivity contribution in [3.8, 4) is 5.69 Å². The summed E-state index contributed by atoms with van der Waals surface area (Å²) in [4.78, 5) is 2.25. The molecule has 0 bridgehead atoms. The molecule has 2 heterocycles. The zero-order valence-electron chi connectivity index (χ0n) is 12.1. The maximum absolute atomic E-state index is 5.89. The highest BCUT2D eigenvalue weighted by Crippen LogP contribution is 2.23. The number of nitrogens with one attached hydrogen (secondary N) is 1. The Hall–Kier alpha value is -1.73. The van der Waals surface area contributed by atoms with Crippen LogP contribution in [0.2, 0.25) is 0 Å². The van der Waals surface area contributed by atoms with Gasteiger partial charge in [-0.25, -0.2) is 10.1 Å². The largest absolute Gasteiger partial charge is 0.373 e. The van der Waals surface area contributed by atoms with Gasteiger partial charge in [0.2, 0.25) is 0 Å². The first-order valence-electron chi connectivity index (χ1n) is 7.15. The number of hydrogen-bond donors (Lipinski definition) is 2. The summed E-state index contributed by atoms with van der Waals surface area (Å²) in [5, 5.41) is 4.42. The average molecular weight is 287 g/mol. The predicted molar refractivity (Wildman–Crippen MR) is 80.9 cm³/mol. The van der Waals surface area contributed by atoms with E-state index in [1.165, 1.54) is 0 Å². The summed E-state index contributed by atoms with van der Waals surface area (Å²) in [6.07, 6.45) is 1.80. The maximum atomic E-state index is 5.89. The highest BCUT2D eigenvalue weighted by Gasteiger charge is 2.29. The van der Waals surface area contributed by atoms with E-state index in [0.717, 1.165) is 31.1 Å². The summed E-state index contributed by atoms with van der Waals surface area (Å²) < 4.78 is 7.80. The van der Waals surface area contributed by atoms with Crippen molar-refractivity contribution in [3.63, 3.8) is 0 Å². The topological polar surface area (TPSA) is 68.3 Å². The molecule has 112 valence electrons. The second-order valence-electron chi connectivity index (χ2n) is 5.32. The SMILES string of the molecule is CN1CCOC(C(NN)c2ccnn2-c2ccccc2)C1. The fourth-order valence-electron chi connectivity index (χ4n) is 2.73. The molecular weight excluding hydrogens is 266 g/mol. The van der Waals surface area contributed by atoms with Crippen LogP contribution < -0.4 is 11.3 Å². The molecule has 2 unspecified atom stereocenters.